The molecule has 180 valence electrons. The average Bonchev–Trinajstić information content (AvgIpc) is 3.39. The highest BCUT2D eigenvalue weighted by Crippen LogP contribution is 2.31. The summed E-state index contributed by atoms with van der Waals surface area (Å²) in [4.78, 5) is 22.3. The van der Waals surface area contributed by atoms with Crippen molar-refractivity contribution in [3.05, 3.63) is 78.6 Å². The number of aryl methyl sites for hydroxylation is 1. The number of aromatic amines is 1. The molecule has 0 aliphatic carbocycles. The third-order valence-corrected chi connectivity index (χ3v) is 6.91. The summed E-state index contributed by atoms with van der Waals surface area (Å²) in [5.41, 5.74) is 5.18. The van der Waals surface area contributed by atoms with Crippen molar-refractivity contribution in [3.8, 4) is 22.6 Å². The summed E-state index contributed by atoms with van der Waals surface area (Å²) in [5.74, 6) is 2.31. The Bertz CT molecular complexity index is 1290. The van der Waals surface area contributed by atoms with Crippen molar-refractivity contribution in [2.75, 3.05) is 26.8 Å². The quantitative estimate of drug-likeness (QED) is 0.371. The first-order valence-electron chi connectivity index (χ1n) is 12.3. The van der Waals surface area contributed by atoms with E-state index in [4.69, 9.17) is 9.47 Å². The summed E-state index contributed by atoms with van der Waals surface area (Å²) >= 11 is 0. The topological polar surface area (TPSA) is 67.4 Å². The normalized spacial score (nSPS) is 14.3. The van der Waals surface area contributed by atoms with E-state index in [1.165, 1.54) is 5.56 Å². The average molecular weight is 470 g/mol. The number of hydrogen-bond donors (Lipinski definition) is 1. The maximum Gasteiger partial charge on any atom is 0.260 e. The van der Waals surface area contributed by atoms with Crippen LogP contribution in [-0.2, 0) is 11.2 Å². The van der Waals surface area contributed by atoms with Gasteiger partial charge in [-0.25, -0.2) is 4.98 Å². The molecule has 1 amide bonds. The van der Waals surface area contributed by atoms with E-state index in [1.54, 1.807) is 13.4 Å². The van der Waals surface area contributed by atoms with Crippen molar-refractivity contribution in [2.24, 2.45) is 5.92 Å². The number of piperidine rings is 1. The molecule has 5 rings (SSSR count). The van der Waals surface area contributed by atoms with Gasteiger partial charge in [0.2, 0.25) is 0 Å². The van der Waals surface area contributed by atoms with Crippen LogP contribution in [0.4, 0.5) is 0 Å². The third kappa shape index (κ3) is 5.48. The monoisotopic (exact) mass is 469 g/mol. The van der Waals surface area contributed by atoms with E-state index in [9.17, 15) is 4.79 Å². The van der Waals surface area contributed by atoms with Gasteiger partial charge in [-0.3, -0.25) is 4.79 Å². The van der Waals surface area contributed by atoms with E-state index >= 15 is 0 Å². The Kier molecular flexibility index (Phi) is 6.98. The Morgan fingerprint density at radius 3 is 2.77 bits per heavy atom. The van der Waals surface area contributed by atoms with Crippen LogP contribution in [0.15, 0.2) is 73.1 Å². The minimum absolute atomic E-state index is 0.0498. The minimum Gasteiger partial charge on any atom is -0.497 e. The van der Waals surface area contributed by atoms with Crippen LogP contribution < -0.4 is 9.47 Å². The van der Waals surface area contributed by atoms with Gasteiger partial charge in [-0.05, 0) is 73.1 Å². The van der Waals surface area contributed by atoms with E-state index in [2.05, 4.69) is 22.1 Å². The Morgan fingerprint density at radius 2 is 1.91 bits per heavy atom. The predicted molar refractivity (Wildman–Crippen MR) is 138 cm³/mol. The summed E-state index contributed by atoms with van der Waals surface area (Å²) in [5, 5.41) is 0. The first-order valence-corrected chi connectivity index (χ1v) is 12.3. The van der Waals surface area contributed by atoms with Gasteiger partial charge in [0.05, 0.1) is 24.5 Å². The smallest absolute Gasteiger partial charge is 0.260 e. The first kappa shape index (κ1) is 23.0. The first-order chi connectivity index (χ1) is 17.2. The van der Waals surface area contributed by atoms with Crippen molar-refractivity contribution >= 4 is 16.9 Å². The van der Waals surface area contributed by atoms with E-state index in [0.29, 0.717) is 11.7 Å². The Hall–Kier alpha value is -3.80. The zero-order valence-corrected chi connectivity index (χ0v) is 20.1. The summed E-state index contributed by atoms with van der Waals surface area (Å²) < 4.78 is 11.4. The number of para-hydroxylation sites is 1. The standard InChI is InChI=1S/C29H31N3O3/c1-34-24-6-4-5-22(17-24)10-9-21-13-15-32(16-14-21)29(33)19-35-28-8-3-2-7-25(28)23-11-12-26-27(18-23)31-20-30-26/h2-8,11-12,17-18,20-21H,9-10,13-16,19H2,1H3,(H,30,31). The SMILES string of the molecule is COc1cccc(CCC2CCN(C(=O)COc3ccccc3-c3ccc4[nH]cnc4c3)CC2)c1. The van der Waals surface area contributed by atoms with Crippen LogP contribution in [0.3, 0.4) is 0 Å². The predicted octanol–water partition coefficient (Wildman–Crippen LogP) is 5.49. The molecular formula is C29H31N3O3. The molecule has 1 N–H and O–H groups in total. The number of benzene rings is 3. The van der Waals surface area contributed by atoms with E-state index in [1.807, 2.05) is 59.5 Å². The second-order valence-electron chi connectivity index (χ2n) is 9.13. The van der Waals surface area contributed by atoms with Crippen molar-refractivity contribution in [1.82, 2.24) is 14.9 Å². The van der Waals surface area contributed by atoms with Crippen LogP contribution in [0.25, 0.3) is 22.2 Å². The molecule has 6 nitrogen and oxygen atoms in total. The van der Waals surface area contributed by atoms with Gasteiger partial charge in [0.25, 0.3) is 5.91 Å². The summed E-state index contributed by atoms with van der Waals surface area (Å²) in [7, 11) is 1.70. The van der Waals surface area contributed by atoms with Gasteiger partial charge in [-0.2, -0.15) is 0 Å². The molecule has 3 aromatic carbocycles. The van der Waals surface area contributed by atoms with Crippen LogP contribution in [0.2, 0.25) is 0 Å². The fourth-order valence-electron chi connectivity index (χ4n) is 4.83. The molecule has 1 aromatic heterocycles. The molecule has 0 spiro atoms. The van der Waals surface area contributed by atoms with Gasteiger partial charge in [0.15, 0.2) is 6.61 Å². The molecular weight excluding hydrogens is 438 g/mol. The van der Waals surface area contributed by atoms with Crippen molar-refractivity contribution in [3.63, 3.8) is 0 Å². The molecule has 0 bridgehead atoms. The van der Waals surface area contributed by atoms with Crippen LogP contribution in [-0.4, -0.2) is 47.6 Å². The molecule has 4 aromatic rings. The number of aromatic nitrogens is 2. The highest BCUT2D eigenvalue weighted by Gasteiger charge is 2.23. The molecule has 1 aliphatic heterocycles. The van der Waals surface area contributed by atoms with Crippen LogP contribution in [0.5, 0.6) is 11.5 Å². The van der Waals surface area contributed by atoms with Crippen LogP contribution in [0.1, 0.15) is 24.8 Å². The van der Waals surface area contributed by atoms with Crippen molar-refractivity contribution in [1.29, 1.82) is 0 Å². The molecule has 0 unspecified atom stereocenters. The second-order valence-corrected chi connectivity index (χ2v) is 9.13. The minimum atomic E-state index is 0.0498. The lowest BCUT2D eigenvalue weighted by molar-refractivity contribution is -0.134. The number of carbonyl (C=O) groups excluding carboxylic acids is 1. The molecule has 0 atom stereocenters. The number of fused-ring (bicyclic) bond motifs is 1. The van der Waals surface area contributed by atoms with Gasteiger partial charge in [-0.1, -0.05) is 36.4 Å². The van der Waals surface area contributed by atoms with E-state index < -0.39 is 0 Å². The van der Waals surface area contributed by atoms with Gasteiger partial charge < -0.3 is 19.4 Å². The molecule has 0 saturated carbocycles. The van der Waals surface area contributed by atoms with Crippen LogP contribution in [0, 0.1) is 5.92 Å². The van der Waals surface area contributed by atoms with Crippen molar-refractivity contribution in [2.45, 2.75) is 25.7 Å². The lowest BCUT2D eigenvalue weighted by Crippen LogP contribution is -2.41. The number of ether oxygens (including phenoxy) is 2. The number of amides is 1. The number of likely N-dealkylation sites (tertiary alicyclic amines) is 1. The van der Waals surface area contributed by atoms with Gasteiger partial charge in [0.1, 0.15) is 11.5 Å². The lowest BCUT2D eigenvalue weighted by Gasteiger charge is -2.32. The Balaban J connectivity index is 1.13. The zero-order valence-electron chi connectivity index (χ0n) is 20.1. The Morgan fingerprint density at radius 1 is 1.06 bits per heavy atom. The van der Waals surface area contributed by atoms with Gasteiger partial charge in [0, 0.05) is 18.7 Å². The number of imidazole rings is 1. The maximum absolute atomic E-state index is 12.9. The molecule has 1 aliphatic rings. The molecule has 35 heavy (non-hydrogen) atoms. The van der Waals surface area contributed by atoms with Crippen LogP contribution >= 0.6 is 0 Å². The fraction of sp³-hybridized carbons (Fsp3) is 0.310. The number of methoxy groups -OCH3 is 1. The summed E-state index contributed by atoms with van der Waals surface area (Å²) in [6.45, 7) is 1.64. The summed E-state index contributed by atoms with van der Waals surface area (Å²) in [6.07, 6.45) is 5.95. The highest BCUT2D eigenvalue weighted by molar-refractivity contribution is 5.83. The maximum atomic E-state index is 12.9. The number of hydrogen-bond acceptors (Lipinski definition) is 4. The molecule has 6 heteroatoms. The van der Waals surface area contributed by atoms with Gasteiger partial charge >= 0.3 is 0 Å². The molecule has 1 saturated heterocycles. The fourth-order valence-corrected chi connectivity index (χ4v) is 4.83. The molecule has 2 heterocycles. The number of H-pyrrole nitrogens is 1. The highest BCUT2D eigenvalue weighted by atomic mass is 16.5. The molecule has 0 radical (unpaired) electrons. The molecule has 1 fully saturated rings. The van der Waals surface area contributed by atoms with E-state index in [0.717, 1.165) is 66.7 Å². The summed E-state index contributed by atoms with van der Waals surface area (Å²) in [6, 6.07) is 22.2. The van der Waals surface area contributed by atoms with E-state index in [-0.39, 0.29) is 12.5 Å². The second kappa shape index (κ2) is 10.6. The lowest BCUT2D eigenvalue weighted by atomic mass is 9.90. The zero-order chi connectivity index (χ0) is 24.0. The van der Waals surface area contributed by atoms with Crippen molar-refractivity contribution < 1.29 is 14.3 Å². The number of nitrogens with zero attached hydrogens (tertiary/aromatic N) is 2. The number of carbonyl (C=O) groups is 1. The largest absolute Gasteiger partial charge is 0.497 e. The number of rotatable bonds is 8. The van der Waals surface area contributed by atoms with Gasteiger partial charge in [-0.15, -0.1) is 0 Å². The number of nitrogens with one attached hydrogen (secondary N) is 1. The third-order valence-electron chi connectivity index (χ3n) is 6.91. The Labute approximate surface area is 205 Å².